The summed E-state index contributed by atoms with van der Waals surface area (Å²) in [5.74, 6) is -0.445. The van der Waals surface area contributed by atoms with Crippen LogP contribution < -0.4 is 5.32 Å². The first kappa shape index (κ1) is 14.7. The van der Waals surface area contributed by atoms with Crippen molar-refractivity contribution in [2.24, 2.45) is 5.92 Å². The van der Waals surface area contributed by atoms with Gasteiger partial charge in [0.1, 0.15) is 5.54 Å². The molecule has 0 saturated carbocycles. The van der Waals surface area contributed by atoms with Gasteiger partial charge in [-0.05, 0) is 31.7 Å². The zero-order valence-electron chi connectivity index (χ0n) is 11.7. The summed E-state index contributed by atoms with van der Waals surface area (Å²) in [4.78, 5) is 11.4. The van der Waals surface area contributed by atoms with Gasteiger partial charge in [0.15, 0.2) is 0 Å². The molecule has 1 atom stereocenters. The van der Waals surface area contributed by atoms with Gasteiger partial charge in [-0.2, -0.15) is 0 Å². The molecular formula is C15H23NO2. The largest absolute Gasteiger partial charge is 0.480 e. The van der Waals surface area contributed by atoms with Gasteiger partial charge in [-0.15, -0.1) is 0 Å². The predicted octanol–water partition coefficient (Wildman–Crippen LogP) is 2.97. The number of carboxylic acid groups (broad SMARTS) is 1. The molecule has 3 nitrogen and oxygen atoms in total. The number of hydrogen-bond donors (Lipinski definition) is 2. The quantitative estimate of drug-likeness (QED) is 0.815. The Morgan fingerprint density at radius 1 is 1.33 bits per heavy atom. The summed E-state index contributed by atoms with van der Waals surface area (Å²) in [5, 5.41) is 12.5. The Kier molecular flexibility index (Phi) is 4.91. The summed E-state index contributed by atoms with van der Waals surface area (Å²) < 4.78 is 0. The molecule has 0 amide bonds. The Labute approximate surface area is 109 Å². The van der Waals surface area contributed by atoms with Crippen LogP contribution >= 0.6 is 0 Å². The number of aliphatic carboxylic acids is 1. The third-order valence-electron chi connectivity index (χ3n) is 3.09. The fraction of sp³-hybridized carbons (Fsp3) is 0.533. The normalized spacial score (nSPS) is 14.5. The molecule has 1 unspecified atom stereocenters. The van der Waals surface area contributed by atoms with Gasteiger partial charge in [-0.25, -0.2) is 0 Å². The van der Waals surface area contributed by atoms with Crippen LogP contribution in [0.4, 0.5) is 0 Å². The van der Waals surface area contributed by atoms with Gasteiger partial charge in [0.25, 0.3) is 0 Å². The van der Waals surface area contributed by atoms with Gasteiger partial charge in [0.2, 0.25) is 0 Å². The number of hydrogen-bond acceptors (Lipinski definition) is 2. The van der Waals surface area contributed by atoms with Gasteiger partial charge < -0.3 is 5.11 Å². The second kappa shape index (κ2) is 6.01. The maximum absolute atomic E-state index is 11.4. The number of benzene rings is 1. The Balaban J connectivity index is 2.68. The number of aryl methyl sites for hydroxylation is 1. The minimum absolute atomic E-state index is 0.344. The molecule has 0 aliphatic rings. The molecule has 1 rings (SSSR count). The van der Waals surface area contributed by atoms with E-state index in [2.05, 4.69) is 5.32 Å². The molecule has 18 heavy (non-hydrogen) atoms. The highest BCUT2D eigenvalue weighted by Crippen LogP contribution is 2.18. The number of rotatable bonds is 6. The first-order valence-corrected chi connectivity index (χ1v) is 6.37. The number of nitrogens with one attached hydrogen (secondary N) is 1. The summed E-state index contributed by atoms with van der Waals surface area (Å²) in [6.07, 6.45) is 0.619. The van der Waals surface area contributed by atoms with E-state index in [4.69, 9.17) is 0 Å². The van der Waals surface area contributed by atoms with Crippen LogP contribution in [0.1, 0.15) is 38.3 Å². The summed E-state index contributed by atoms with van der Waals surface area (Å²) >= 11 is 0. The number of carboxylic acids is 1. The van der Waals surface area contributed by atoms with Crippen LogP contribution in [0.15, 0.2) is 24.3 Å². The van der Waals surface area contributed by atoms with Crippen molar-refractivity contribution in [1.29, 1.82) is 0 Å². The molecule has 0 saturated heterocycles. The maximum Gasteiger partial charge on any atom is 0.323 e. The van der Waals surface area contributed by atoms with E-state index in [0.29, 0.717) is 18.9 Å². The molecule has 0 spiro atoms. The van der Waals surface area contributed by atoms with E-state index >= 15 is 0 Å². The average molecular weight is 249 g/mol. The molecule has 0 radical (unpaired) electrons. The fourth-order valence-electron chi connectivity index (χ4n) is 2.05. The van der Waals surface area contributed by atoms with Crippen LogP contribution in [0.2, 0.25) is 0 Å². The lowest BCUT2D eigenvalue weighted by Crippen LogP contribution is -2.49. The van der Waals surface area contributed by atoms with Gasteiger partial charge in [-0.1, -0.05) is 43.7 Å². The van der Waals surface area contributed by atoms with Gasteiger partial charge in [-0.3, -0.25) is 10.1 Å². The molecule has 0 aliphatic heterocycles. The second-order valence-electron chi connectivity index (χ2n) is 5.57. The molecule has 1 aromatic rings. The van der Waals surface area contributed by atoms with E-state index in [1.165, 1.54) is 5.56 Å². The lowest BCUT2D eigenvalue weighted by Gasteiger charge is -2.28. The van der Waals surface area contributed by atoms with E-state index in [9.17, 15) is 9.90 Å². The lowest BCUT2D eigenvalue weighted by molar-refractivity contribution is -0.145. The first-order valence-electron chi connectivity index (χ1n) is 6.37. The number of carbonyl (C=O) groups is 1. The minimum Gasteiger partial charge on any atom is -0.480 e. The Morgan fingerprint density at radius 3 is 2.33 bits per heavy atom. The molecule has 0 fully saturated rings. The van der Waals surface area contributed by atoms with Crippen LogP contribution in [0.25, 0.3) is 0 Å². The maximum atomic E-state index is 11.4. The zero-order chi connectivity index (χ0) is 13.8. The minimum atomic E-state index is -0.862. The van der Waals surface area contributed by atoms with Crippen molar-refractivity contribution >= 4 is 5.97 Å². The molecule has 100 valence electrons. The van der Waals surface area contributed by atoms with Crippen molar-refractivity contribution < 1.29 is 9.90 Å². The fourth-order valence-corrected chi connectivity index (χ4v) is 2.05. The lowest BCUT2D eigenvalue weighted by atomic mass is 9.90. The molecule has 3 heteroatoms. The molecule has 0 aromatic heterocycles. The Bertz CT molecular complexity index is 397. The highest BCUT2D eigenvalue weighted by Gasteiger charge is 2.32. The SMILES string of the molecule is Cc1ccc(CNC(C)(CC(C)C)C(=O)O)cc1. The van der Waals surface area contributed by atoms with Crippen LogP contribution in [0.3, 0.4) is 0 Å². The third kappa shape index (κ3) is 4.15. The van der Waals surface area contributed by atoms with Crippen LogP contribution in [0.5, 0.6) is 0 Å². The molecule has 0 heterocycles. The van der Waals surface area contributed by atoms with E-state index in [1.54, 1.807) is 6.92 Å². The van der Waals surface area contributed by atoms with Gasteiger partial charge >= 0.3 is 5.97 Å². The van der Waals surface area contributed by atoms with Crippen molar-refractivity contribution in [3.8, 4) is 0 Å². The van der Waals surface area contributed by atoms with Crippen molar-refractivity contribution in [1.82, 2.24) is 5.32 Å². The summed E-state index contributed by atoms with van der Waals surface area (Å²) in [5.41, 5.74) is 1.46. The van der Waals surface area contributed by atoms with E-state index in [1.807, 2.05) is 45.0 Å². The Hall–Kier alpha value is -1.35. The van der Waals surface area contributed by atoms with E-state index in [-0.39, 0.29) is 0 Å². The smallest absolute Gasteiger partial charge is 0.323 e. The van der Waals surface area contributed by atoms with E-state index in [0.717, 1.165) is 5.56 Å². The third-order valence-corrected chi connectivity index (χ3v) is 3.09. The molecular weight excluding hydrogens is 226 g/mol. The summed E-state index contributed by atoms with van der Waals surface area (Å²) in [6.45, 7) is 8.44. The van der Waals surface area contributed by atoms with Crippen LogP contribution in [0, 0.1) is 12.8 Å². The summed E-state index contributed by atoms with van der Waals surface area (Å²) in [6, 6.07) is 8.13. The zero-order valence-corrected chi connectivity index (χ0v) is 11.7. The van der Waals surface area contributed by atoms with Gasteiger partial charge in [0, 0.05) is 6.54 Å². The van der Waals surface area contributed by atoms with Gasteiger partial charge in [0.05, 0.1) is 0 Å². The second-order valence-corrected chi connectivity index (χ2v) is 5.57. The van der Waals surface area contributed by atoms with E-state index < -0.39 is 11.5 Å². The van der Waals surface area contributed by atoms with Crippen LogP contribution in [-0.2, 0) is 11.3 Å². The van der Waals surface area contributed by atoms with Crippen molar-refractivity contribution in [2.75, 3.05) is 0 Å². The monoisotopic (exact) mass is 249 g/mol. The highest BCUT2D eigenvalue weighted by atomic mass is 16.4. The van der Waals surface area contributed by atoms with Crippen molar-refractivity contribution in [3.63, 3.8) is 0 Å². The Morgan fingerprint density at radius 2 is 1.89 bits per heavy atom. The summed E-state index contributed by atoms with van der Waals surface area (Å²) in [7, 11) is 0. The average Bonchev–Trinajstić information content (AvgIpc) is 2.27. The predicted molar refractivity (Wildman–Crippen MR) is 73.5 cm³/mol. The topological polar surface area (TPSA) is 49.3 Å². The highest BCUT2D eigenvalue weighted by molar-refractivity contribution is 5.78. The molecule has 2 N–H and O–H groups in total. The van der Waals surface area contributed by atoms with Crippen LogP contribution in [-0.4, -0.2) is 16.6 Å². The molecule has 0 aliphatic carbocycles. The molecule has 0 bridgehead atoms. The first-order chi connectivity index (χ1) is 8.33. The van der Waals surface area contributed by atoms with Crippen molar-refractivity contribution in [3.05, 3.63) is 35.4 Å². The standard InChI is InChI=1S/C15H23NO2/c1-11(2)9-15(4,14(17)18)16-10-13-7-5-12(3)6-8-13/h5-8,11,16H,9-10H2,1-4H3,(H,17,18). The van der Waals surface area contributed by atoms with Crippen molar-refractivity contribution in [2.45, 2.75) is 46.2 Å². The molecule has 1 aromatic carbocycles.